The minimum atomic E-state index is -2.28. The number of ether oxygens (including phenoxy) is 1. The number of alkyl halides is 1. The van der Waals surface area contributed by atoms with Gasteiger partial charge in [0.2, 0.25) is 0 Å². The van der Waals surface area contributed by atoms with Gasteiger partial charge in [-0.3, -0.25) is 0 Å². The van der Waals surface area contributed by atoms with Gasteiger partial charge in [-0.25, -0.2) is 0 Å². The minimum absolute atomic E-state index is 0.315. The second-order valence-corrected chi connectivity index (χ2v) is 24.0. The average Bonchev–Trinajstić information content (AvgIpc) is 2.48. The number of carbonyl (C=O) groups excluding carboxylic acids is 1. The van der Waals surface area contributed by atoms with E-state index in [1.165, 1.54) is 5.56 Å². The molecule has 1 amide bonds. The second-order valence-electron chi connectivity index (χ2n) is 8.31. The Kier molecular flexibility index (Phi) is 8.82. The summed E-state index contributed by atoms with van der Waals surface area (Å²) in [5, 5.41) is 0. The Morgan fingerprint density at radius 2 is 1.84 bits per heavy atom. The monoisotopic (exact) mass is 473 g/mol. The molecular formula is C20H32ClNO2Sn. The van der Waals surface area contributed by atoms with Crippen molar-refractivity contribution in [2.75, 3.05) is 12.4 Å². The van der Waals surface area contributed by atoms with Gasteiger partial charge in [0.25, 0.3) is 0 Å². The zero-order valence-corrected chi connectivity index (χ0v) is 20.0. The van der Waals surface area contributed by atoms with Crippen molar-refractivity contribution in [3.63, 3.8) is 0 Å². The van der Waals surface area contributed by atoms with Gasteiger partial charge in [0.05, 0.1) is 0 Å². The topological polar surface area (TPSA) is 29.5 Å². The van der Waals surface area contributed by atoms with E-state index in [0.29, 0.717) is 16.4 Å². The number of hydrogen-bond acceptors (Lipinski definition) is 2. The Morgan fingerprint density at radius 1 is 1.24 bits per heavy atom. The van der Waals surface area contributed by atoms with Crippen LogP contribution < -0.4 is 0 Å². The van der Waals surface area contributed by atoms with Crippen LogP contribution in [-0.2, 0) is 4.74 Å². The summed E-state index contributed by atoms with van der Waals surface area (Å²) in [6, 6.07) is 10.5. The SMILES string of the molecule is CC(C)(C)OC(=O)N(/C=C/[CH](c1ccccc1)[Sn]([CH3])([CH3])[CH3])CCCCl. The van der Waals surface area contributed by atoms with Crippen LogP contribution in [0.25, 0.3) is 0 Å². The number of allylic oxidation sites excluding steroid dienone is 1. The van der Waals surface area contributed by atoms with Crippen molar-refractivity contribution in [2.24, 2.45) is 0 Å². The van der Waals surface area contributed by atoms with E-state index in [4.69, 9.17) is 16.3 Å². The summed E-state index contributed by atoms with van der Waals surface area (Å²) in [6.45, 7) is 6.21. The quantitative estimate of drug-likeness (QED) is 0.358. The van der Waals surface area contributed by atoms with Crippen LogP contribution in [-0.4, -0.2) is 47.4 Å². The van der Waals surface area contributed by atoms with Gasteiger partial charge in [0.15, 0.2) is 0 Å². The van der Waals surface area contributed by atoms with Crippen LogP contribution in [0.5, 0.6) is 0 Å². The third-order valence-corrected chi connectivity index (χ3v) is 10.8. The molecule has 0 heterocycles. The van der Waals surface area contributed by atoms with Crippen LogP contribution in [0.3, 0.4) is 0 Å². The molecule has 1 rings (SSSR count). The fraction of sp³-hybridized carbons (Fsp3) is 0.550. The van der Waals surface area contributed by atoms with Gasteiger partial charge in [0.1, 0.15) is 0 Å². The summed E-state index contributed by atoms with van der Waals surface area (Å²) in [4.78, 5) is 21.4. The first-order valence-electron chi connectivity index (χ1n) is 8.83. The zero-order chi connectivity index (χ0) is 19.1. The maximum absolute atomic E-state index is 12.5. The molecule has 0 saturated heterocycles. The van der Waals surface area contributed by atoms with Crippen molar-refractivity contribution in [3.8, 4) is 0 Å². The van der Waals surface area contributed by atoms with Gasteiger partial charge in [-0.2, -0.15) is 0 Å². The molecular weight excluding hydrogens is 440 g/mol. The predicted molar refractivity (Wildman–Crippen MR) is 110 cm³/mol. The van der Waals surface area contributed by atoms with E-state index in [9.17, 15) is 4.79 Å². The van der Waals surface area contributed by atoms with Gasteiger partial charge in [-0.05, 0) is 0 Å². The molecule has 0 fully saturated rings. The second kappa shape index (κ2) is 9.86. The van der Waals surface area contributed by atoms with Crippen molar-refractivity contribution in [3.05, 3.63) is 48.2 Å². The molecule has 1 aromatic rings. The molecule has 0 aromatic heterocycles. The van der Waals surface area contributed by atoms with Crippen LogP contribution >= 0.6 is 11.6 Å². The number of halogens is 1. The number of benzene rings is 1. The molecule has 5 heteroatoms. The van der Waals surface area contributed by atoms with E-state index in [2.05, 4.69) is 45.2 Å². The number of carbonyl (C=O) groups is 1. The van der Waals surface area contributed by atoms with Gasteiger partial charge < -0.3 is 0 Å². The molecule has 0 aliphatic carbocycles. The normalized spacial score (nSPS) is 13.7. The molecule has 0 spiro atoms. The van der Waals surface area contributed by atoms with Crippen molar-refractivity contribution >= 4 is 36.1 Å². The first-order valence-corrected chi connectivity index (χ1v) is 19.6. The van der Waals surface area contributed by atoms with Gasteiger partial charge >= 0.3 is 163 Å². The fourth-order valence-corrected chi connectivity index (χ4v) is 7.94. The summed E-state index contributed by atoms with van der Waals surface area (Å²) in [7, 11) is 0. The molecule has 1 aromatic carbocycles. The summed E-state index contributed by atoms with van der Waals surface area (Å²) >= 11 is 3.54. The third kappa shape index (κ3) is 8.50. The Balaban J connectivity index is 3.03. The van der Waals surface area contributed by atoms with Crippen LogP contribution in [0.4, 0.5) is 4.79 Å². The Hall–Kier alpha value is -0.681. The first-order chi connectivity index (χ1) is 11.5. The molecule has 0 aliphatic rings. The molecule has 0 saturated carbocycles. The van der Waals surface area contributed by atoms with Crippen LogP contribution in [0.15, 0.2) is 42.6 Å². The van der Waals surface area contributed by atoms with Gasteiger partial charge in [-0.1, -0.05) is 0 Å². The number of nitrogens with zero attached hydrogens (tertiary/aromatic N) is 1. The molecule has 0 bridgehead atoms. The van der Waals surface area contributed by atoms with Gasteiger partial charge in [-0.15, -0.1) is 0 Å². The number of amides is 1. The van der Waals surface area contributed by atoms with E-state index in [-0.39, 0.29) is 6.09 Å². The maximum atomic E-state index is 12.5. The van der Waals surface area contributed by atoms with Crippen LogP contribution in [0.2, 0.25) is 14.8 Å². The zero-order valence-electron chi connectivity index (χ0n) is 16.4. The molecule has 3 nitrogen and oxygen atoms in total. The van der Waals surface area contributed by atoms with E-state index < -0.39 is 24.0 Å². The van der Waals surface area contributed by atoms with Crippen molar-refractivity contribution in [1.82, 2.24) is 4.90 Å². The molecule has 1 unspecified atom stereocenters. The van der Waals surface area contributed by atoms with E-state index in [1.807, 2.05) is 33.0 Å². The summed E-state index contributed by atoms with van der Waals surface area (Å²) in [5.41, 5.74) is 0.815. The first kappa shape index (κ1) is 22.4. The molecule has 25 heavy (non-hydrogen) atoms. The third-order valence-electron chi connectivity index (χ3n) is 3.71. The Morgan fingerprint density at radius 3 is 2.32 bits per heavy atom. The van der Waals surface area contributed by atoms with Crippen LogP contribution in [0.1, 0.15) is 36.7 Å². The van der Waals surface area contributed by atoms with Crippen LogP contribution in [0, 0.1) is 0 Å². The molecule has 0 N–H and O–H groups in total. The summed E-state index contributed by atoms with van der Waals surface area (Å²) in [6.07, 6.45) is 4.51. The predicted octanol–water partition coefficient (Wildman–Crippen LogP) is 6.03. The number of hydrogen-bond donors (Lipinski definition) is 0. The van der Waals surface area contributed by atoms with E-state index >= 15 is 0 Å². The Labute approximate surface area is 162 Å². The van der Waals surface area contributed by atoms with Crippen molar-refractivity contribution < 1.29 is 9.53 Å². The number of rotatable bonds is 7. The summed E-state index contributed by atoms with van der Waals surface area (Å²) < 4.78 is 5.93. The van der Waals surface area contributed by atoms with E-state index in [0.717, 1.165) is 6.42 Å². The molecule has 0 radical (unpaired) electrons. The fourth-order valence-electron chi connectivity index (χ4n) is 2.53. The standard InChI is InChI=1S/C17H23ClNO2.3CH3.Sn/c1-17(2,3)21-16(20)19(14-8-12-18)13-7-11-15-9-5-4-6-10-15;;;;/h4-7,9-11,13H,8,12,14H2,1-3H3;3*1H3;/b13-7+;;;;. The molecule has 1 atom stereocenters. The Bertz CT molecular complexity index is 561. The summed E-state index contributed by atoms with van der Waals surface area (Å²) in [5.74, 6) is 0.522. The molecule has 140 valence electrons. The van der Waals surface area contributed by atoms with Crippen molar-refractivity contribution in [1.29, 1.82) is 0 Å². The van der Waals surface area contributed by atoms with Crippen molar-refractivity contribution in [2.45, 2.75) is 51.5 Å². The average molecular weight is 473 g/mol. The molecule has 0 aliphatic heterocycles. The van der Waals surface area contributed by atoms with Gasteiger partial charge in [0, 0.05) is 0 Å². The van der Waals surface area contributed by atoms with E-state index in [1.54, 1.807) is 4.90 Å².